The second-order valence-corrected chi connectivity index (χ2v) is 6.12. The molecule has 0 saturated heterocycles. The summed E-state index contributed by atoms with van der Waals surface area (Å²) in [7, 11) is 0. The molecule has 5 heteroatoms. The molecule has 0 saturated carbocycles. The van der Waals surface area contributed by atoms with Crippen LogP contribution in [0, 0.1) is 0 Å². The van der Waals surface area contributed by atoms with Gasteiger partial charge in [0.1, 0.15) is 11.6 Å². The molecule has 4 rings (SSSR count). The van der Waals surface area contributed by atoms with Crippen molar-refractivity contribution in [2.45, 2.75) is 12.5 Å². The first-order chi connectivity index (χ1) is 11.8. The van der Waals surface area contributed by atoms with Gasteiger partial charge in [0.2, 0.25) is 0 Å². The van der Waals surface area contributed by atoms with Crippen molar-refractivity contribution in [3.05, 3.63) is 71.2 Å². The molecule has 4 nitrogen and oxygen atoms in total. The summed E-state index contributed by atoms with van der Waals surface area (Å²) >= 11 is 6.12. The molecular formula is C19H16ClN3O. The Labute approximate surface area is 145 Å². The predicted molar refractivity (Wildman–Crippen MR) is 95.4 cm³/mol. The number of hydrogen-bond donors (Lipinski definition) is 1. The Morgan fingerprint density at radius 3 is 2.67 bits per heavy atom. The Hall–Kier alpha value is -2.59. The fourth-order valence-corrected chi connectivity index (χ4v) is 3.05. The quantitative estimate of drug-likeness (QED) is 0.750. The molecule has 1 aromatic heterocycles. The van der Waals surface area contributed by atoms with Crippen LogP contribution in [0.4, 0.5) is 5.82 Å². The number of aromatic nitrogens is 2. The first kappa shape index (κ1) is 15.0. The number of ether oxygens (including phenoxy) is 1. The number of nitrogens with one attached hydrogen (secondary N) is 1. The maximum atomic E-state index is 6.12. The zero-order valence-corrected chi connectivity index (χ0v) is 13.7. The zero-order valence-electron chi connectivity index (χ0n) is 12.9. The van der Waals surface area contributed by atoms with Crippen molar-refractivity contribution in [3.63, 3.8) is 0 Å². The molecule has 0 amide bonds. The molecule has 0 aliphatic carbocycles. The lowest BCUT2D eigenvalue weighted by Crippen LogP contribution is -2.21. The fraction of sp³-hybridized carbons (Fsp3) is 0.158. The van der Waals surface area contributed by atoms with E-state index in [4.69, 9.17) is 16.3 Å². The van der Waals surface area contributed by atoms with Crippen LogP contribution in [0.2, 0.25) is 5.02 Å². The van der Waals surface area contributed by atoms with Crippen LogP contribution >= 0.6 is 11.6 Å². The molecule has 0 radical (unpaired) electrons. The van der Waals surface area contributed by atoms with E-state index in [1.165, 1.54) is 0 Å². The van der Waals surface area contributed by atoms with Crippen LogP contribution in [0.1, 0.15) is 18.0 Å². The summed E-state index contributed by atoms with van der Waals surface area (Å²) in [6, 6.07) is 19.8. The molecule has 1 N–H and O–H groups in total. The molecule has 0 spiro atoms. The molecule has 0 fully saturated rings. The lowest BCUT2D eigenvalue weighted by Gasteiger charge is -2.27. The third kappa shape index (κ3) is 3.05. The van der Waals surface area contributed by atoms with Crippen LogP contribution in [0.5, 0.6) is 5.75 Å². The van der Waals surface area contributed by atoms with Crippen LogP contribution < -0.4 is 10.1 Å². The van der Waals surface area contributed by atoms with Crippen molar-refractivity contribution in [1.82, 2.24) is 10.2 Å². The molecule has 1 aliphatic heterocycles. The van der Waals surface area contributed by atoms with E-state index >= 15 is 0 Å². The van der Waals surface area contributed by atoms with Crippen molar-refractivity contribution in [1.29, 1.82) is 0 Å². The Morgan fingerprint density at radius 2 is 1.88 bits per heavy atom. The van der Waals surface area contributed by atoms with Crippen molar-refractivity contribution in [3.8, 4) is 17.0 Å². The van der Waals surface area contributed by atoms with Gasteiger partial charge in [0.05, 0.1) is 18.3 Å². The standard InChI is InChI=1S/C19H16ClN3O/c20-14-6-8-18-15(12-14)17(10-11-24-18)21-19-9-7-16(22-23-19)13-4-2-1-3-5-13/h1-9,12,17H,10-11H2,(H,21,23). The summed E-state index contributed by atoms with van der Waals surface area (Å²) in [5.74, 6) is 1.62. The summed E-state index contributed by atoms with van der Waals surface area (Å²) in [6.45, 7) is 0.668. The lowest BCUT2D eigenvalue weighted by molar-refractivity contribution is 0.274. The molecule has 0 bridgehead atoms. The minimum atomic E-state index is 0.115. The van der Waals surface area contributed by atoms with E-state index in [1.54, 1.807) is 0 Å². The third-order valence-corrected chi connectivity index (χ3v) is 4.30. The van der Waals surface area contributed by atoms with E-state index in [-0.39, 0.29) is 6.04 Å². The van der Waals surface area contributed by atoms with Gasteiger partial charge >= 0.3 is 0 Å². The fourth-order valence-electron chi connectivity index (χ4n) is 2.87. The highest BCUT2D eigenvalue weighted by Gasteiger charge is 2.22. The second-order valence-electron chi connectivity index (χ2n) is 5.69. The minimum Gasteiger partial charge on any atom is -0.493 e. The van der Waals surface area contributed by atoms with Crippen LogP contribution in [0.3, 0.4) is 0 Å². The molecule has 1 unspecified atom stereocenters. The average molecular weight is 338 g/mol. The van der Waals surface area contributed by atoms with E-state index in [2.05, 4.69) is 15.5 Å². The summed E-state index contributed by atoms with van der Waals surface area (Å²) in [5, 5.41) is 12.8. The minimum absolute atomic E-state index is 0.115. The molecule has 3 aromatic rings. The molecule has 2 aromatic carbocycles. The van der Waals surface area contributed by atoms with E-state index in [9.17, 15) is 0 Å². The van der Waals surface area contributed by atoms with Gasteiger partial charge in [-0.2, -0.15) is 0 Å². The Kier molecular flexibility index (Phi) is 4.05. The number of hydrogen-bond acceptors (Lipinski definition) is 4. The van der Waals surface area contributed by atoms with Crippen molar-refractivity contribution >= 4 is 17.4 Å². The van der Waals surface area contributed by atoms with Crippen LogP contribution in [0.15, 0.2) is 60.7 Å². The van der Waals surface area contributed by atoms with Gasteiger partial charge in [-0.1, -0.05) is 41.9 Å². The molecule has 1 atom stereocenters. The first-order valence-electron chi connectivity index (χ1n) is 7.87. The monoisotopic (exact) mass is 337 g/mol. The van der Waals surface area contributed by atoms with E-state index in [0.717, 1.165) is 34.8 Å². The number of halogens is 1. The van der Waals surface area contributed by atoms with Crippen molar-refractivity contribution < 1.29 is 4.74 Å². The maximum Gasteiger partial charge on any atom is 0.149 e. The zero-order chi connectivity index (χ0) is 16.4. The molecular weight excluding hydrogens is 322 g/mol. The predicted octanol–water partition coefficient (Wildman–Crippen LogP) is 4.73. The van der Waals surface area contributed by atoms with Gasteiger partial charge in [-0.25, -0.2) is 0 Å². The van der Waals surface area contributed by atoms with E-state index in [0.29, 0.717) is 11.6 Å². The third-order valence-electron chi connectivity index (χ3n) is 4.07. The largest absolute Gasteiger partial charge is 0.493 e. The highest BCUT2D eigenvalue weighted by Crippen LogP contribution is 2.35. The Balaban J connectivity index is 1.56. The molecule has 2 heterocycles. The number of anilines is 1. The van der Waals surface area contributed by atoms with Gasteiger partial charge < -0.3 is 10.1 Å². The van der Waals surface area contributed by atoms with E-state index in [1.807, 2.05) is 60.7 Å². The summed E-state index contributed by atoms with van der Waals surface area (Å²) in [5.41, 5.74) is 2.97. The Morgan fingerprint density at radius 1 is 1.00 bits per heavy atom. The number of rotatable bonds is 3. The normalized spacial score (nSPS) is 16.1. The highest BCUT2D eigenvalue weighted by atomic mass is 35.5. The second kappa shape index (κ2) is 6.49. The lowest BCUT2D eigenvalue weighted by atomic mass is 10.0. The maximum absolute atomic E-state index is 6.12. The van der Waals surface area contributed by atoms with Crippen molar-refractivity contribution in [2.75, 3.05) is 11.9 Å². The number of benzene rings is 2. The van der Waals surface area contributed by atoms with Gasteiger partial charge in [-0.3, -0.25) is 0 Å². The van der Waals surface area contributed by atoms with Gasteiger partial charge in [0.15, 0.2) is 0 Å². The van der Waals surface area contributed by atoms with Crippen LogP contribution in [-0.2, 0) is 0 Å². The summed E-state index contributed by atoms with van der Waals surface area (Å²) < 4.78 is 5.69. The van der Waals surface area contributed by atoms with Gasteiger partial charge in [-0.05, 0) is 30.3 Å². The SMILES string of the molecule is Clc1ccc2c(c1)C(Nc1ccc(-c3ccccc3)nn1)CCO2. The number of nitrogens with zero attached hydrogens (tertiary/aromatic N) is 2. The smallest absolute Gasteiger partial charge is 0.149 e. The van der Waals surface area contributed by atoms with Gasteiger partial charge in [-0.15, -0.1) is 10.2 Å². The topological polar surface area (TPSA) is 47.0 Å². The molecule has 1 aliphatic rings. The summed E-state index contributed by atoms with van der Waals surface area (Å²) in [4.78, 5) is 0. The van der Waals surface area contributed by atoms with Crippen LogP contribution in [0.25, 0.3) is 11.3 Å². The van der Waals surface area contributed by atoms with Gasteiger partial charge in [0.25, 0.3) is 0 Å². The molecule has 120 valence electrons. The van der Waals surface area contributed by atoms with Crippen LogP contribution in [-0.4, -0.2) is 16.8 Å². The highest BCUT2D eigenvalue weighted by molar-refractivity contribution is 6.30. The van der Waals surface area contributed by atoms with Gasteiger partial charge in [0, 0.05) is 22.6 Å². The first-order valence-corrected chi connectivity index (χ1v) is 8.25. The number of fused-ring (bicyclic) bond motifs is 1. The average Bonchev–Trinajstić information content (AvgIpc) is 2.64. The summed E-state index contributed by atoms with van der Waals surface area (Å²) in [6.07, 6.45) is 0.857. The Bertz CT molecular complexity index is 837. The van der Waals surface area contributed by atoms with E-state index < -0.39 is 0 Å². The van der Waals surface area contributed by atoms with Crippen molar-refractivity contribution in [2.24, 2.45) is 0 Å². The molecule has 24 heavy (non-hydrogen) atoms.